The lowest BCUT2D eigenvalue weighted by Crippen LogP contribution is -2.41. The molecule has 0 unspecified atom stereocenters. The monoisotopic (exact) mass is 226 g/mol. The van der Waals surface area contributed by atoms with E-state index in [0.717, 1.165) is 32.0 Å². The van der Waals surface area contributed by atoms with Gasteiger partial charge < -0.3 is 10.2 Å². The molecule has 0 atom stereocenters. The minimum Gasteiger partial charge on any atom is -0.369 e. The van der Waals surface area contributed by atoms with Crippen LogP contribution in [-0.4, -0.2) is 26.2 Å². The van der Waals surface area contributed by atoms with E-state index in [9.17, 15) is 8.78 Å². The first kappa shape index (κ1) is 11.3. The van der Waals surface area contributed by atoms with Crippen LogP contribution >= 0.6 is 0 Å². The van der Waals surface area contributed by atoms with E-state index in [2.05, 4.69) is 5.32 Å². The number of benzene rings is 1. The van der Waals surface area contributed by atoms with Gasteiger partial charge in [-0.3, -0.25) is 0 Å². The molecule has 0 spiro atoms. The van der Waals surface area contributed by atoms with Crippen molar-refractivity contribution in [3.8, 4) is 0 Å². The normalized spacial score (nSPS) is 17.8. The minimum absolute atomic E-state index is 0.470. The van der Waals surface area contributed by atoms with Gasteiger partial charge in [-0.1, -0.05) is 0 Å². The topological polar surface area (TPSA) is 15.3 Å². The molecule has 0 radical (unpaired) electrons. The third-order valence-electron chi connectivity index (χ3n) is 3.15. The van der Waals surface area contributed by atoms with Gasteiger partial charge in [-0.15, -0.1) is 0 Å². The van der Waals surface area contributed by atoms with Crippen molar-refractivity contribution in [3.05, 3.63) is 29.8 Å². The molecule has 2 nitrogen and oxygen atoms in total. The summed E-state index contributed by atoms with van der Waals surface area (Å²) >= 11 is 0. The van der Waals surface area contributed by atoms with Crippen LogP contribution in [0.3, 0.4) is 0 Å². The molecule has 0 aliphatic carbocycles. The molecule has 1 aromatic rings. The maximum Gasteiger partial charge on any atom is 0.149 e. The Balaban J connectivity index is 2.08. The van der Waals surface area contributed by atoms with Crippen LogP contribution in [-0.2, 0) is 0 Å². The largest absolute Gasteiger partial charge is 0.369 e. The van der Waals surface area contributed by atoms with Gasteiger partial charge in [-0.25, -0.2) is 8.78 Å². The van der Waals surface area contributed by atoms with Gasteiger partial charge in [0.15, 0.2) is 0 Å². The molecular formula is C12H16F2N2. The summed E-state index contributed by atoms with van der Waals surface area (Å²) < 4.78 is 26.3. The quantitative estimate of drug-likeness (QED) is 0.831. The third-order valence-corrected chi connectivity index (χ3v) is 3.15. The Morgan fingerprint density at radius 2 is 1.94 bits per heavy atom. The lowest BCUT2D eigenvalue weighted by molar-refractivity contribution is 0.438. The molecule has 1 saturated heterocycles. The number of hydrogen-bond donors (Lipinski definition) is 1. The summed E-state index contributed by atoms with van der Waals surface area (Å²) in [6.45, 7) is 1.63. The van der Waals surface area contributed by atoms with Crippen molar-refractivity contribution in [1.82, 2.24) is 5.32 Å². The van der Waals surface area contributed by atoms with Crippen LogP contribution in [0.25, 0.3) is 0 Å². The third kappa shape index (κ3) is 2.32. The van der Waals surface area contributed by atoms with E-state index < -0.39 is 11.6 Å². The van der Waals surface area contributed by atoms with Gasteiger partial charge in [-0.05, 0) is 32.0 Å². The second-order valence-corrected chi connectivity index (χ2v) is 4.15. The maximum atomic E-state index is 13.5. The van der Waals surface area contributed by atoms with Crippen LogP contribution in [0.2, 0.25) is 0 Å². The molecule has 1 aromatic carbocycles. The van der Waals surface area contributed by atoms with Crippen molar-refractivity contribution in [2.24, 2.45) is 0 Å². The molecule has 0 saturated carbocycles. The molecule has 16 heavy (non-hydrogen) atoms. The zero-order valence-electron chi connectivity index (χ0n) is 9.34. The highest BCUT2D eigenvalue weighted by molar-refractivity contribution is 5.48. The predicted molar refractivity (Wildman–Crippen MR) is 60.7 cm³/mol. The first-order valence-corrected chi connectivity index (χ1v) is 5.58. The molecule has 88 valence electrons. The van der Waals surface area contributed by atoms with Crippen molar-refractivity contribution in [3.63, 3.8) is 0 Å². The summed E-state index contributed by atoms with van der Waals surface area (Å²) in [6.07, 6.45) is 1.99. The van der Waals surface area contributed by atoms with E-state index in [1.807, 2.05) is 11.9 Å². The van der Waals surface area contributed by atoms with Gasteiger partial charge >= 0.3 is 0 Å². The van der Waals surface area contributed by atoms with Crippen LogP contribution in [0.5, 0.6) is 0 Å². The summed E-state index contributed by atoms with van der Waals surface area (Å²) in [5, 5.41) is 3.22. The lowest BCUT2D eigenvalue weighted by Gasteiger charge is -2.33. The Bertz CT molecular complexity index is 360. The van der Waals surface area contributed by atoms with E-state index in [4.69, 9.17) is 0 Å². The standard InChI is InChI=1S/C12H16F2N2/c1-15-10-4-6-16(7-5-10)12-3-2-9(13)8-11(12)14/h2-3,8,10,15H,4-7H2,1H3. The number of nitrogens with zero attached hydrogens (tertiary/aromatic N) is 1. The summed E-state index contributed by atoms with van der Waals surface area (Å²) in [4.78, 5) is 1.97. The SMILES string of the molecule is CNC1CCN(c2ccc(F)cc2F)CC1. The number of hydrogen-bond acceptors (Lipinski definition) is 2. The zero-order chi connectivity index (χ0) is 11.5. The van der Waals surface area contributed by atoms with E-state index in [1.165, 1.54) is 12.1 Å². The fourth-order valence-electron chi connectivity index (χ4n) is 2.15. The molecule has 2 rings (SSSR count). The van der Waals surface area contributed by atoms with Gasteiger partial charge in [0.05, 0.1) is 5.69 Å². The molecule has 0 bridgehead atoms. The second kappa shape index (κ2) is 4.78. The van der Waals surface area contributed by atoms with Gasteiger partial charge in [0.2, 0.25) is 0 Å². The van der Waals surface area contributed by atoms with Crippen LogP contribution in [0, 0.1) is 11.6 Å². The van der Waals surface area contributed by atoms with Crippen molar-refractivity contribution in [2.45, 2.75) is 18.9 Å². The Morgan fingerprint density at radius 1 is 1.25 bits per heavy atom. The Morgan fingerprint density at radius 3 is 2.50 bits per heavy atom. The summed E-state index contributed by atoms with van der Waals surface area (Å²) in [5.41, 5.74) is 0.510. The fraction of sp³-hybridized carbons (Fsp3) is 0.500. The Hall–Kier alpha value is -1.16. The average molecular weight is 226 g/mol. The molecule has 1 heterocycles. The van der Waals surface area contributed by atoms with E-state index >= 15 is 0 Å². The van der Waals surface area contributed by atoms with Crippen molar-refractivity contribution in [2.75, 3.05) is 25.0 Å². The molecule has 4 heteroatoms. The molecule has 0 aromatic heterocycles. The number of rotatable bonds is 2. The number of halogens is 2. The van der Waals surface area contributed by atoms with E-state index in [0.29, 0.717) is 11.7 Å². The fourth-order valence-corrected chi connectivity index (χ4v) is 2.15. The van der Waals surface area contributed by atoms with Crippen molar-refractivity contribution >= 4 is 5.69 Å². The minimum atomic E-state index is -0.522. The van der Waals surface area contributed by atoms with Crippen molar-refractivity contribution in [1.29, 1.82) is 0 Å². The molecule has 1 fully saturated rings. The van der Waals surface area contributed by atoms with Crippen LogP contribution in [0.4, 0.5) is 14.5 Å². The molecular weight excluding hydrogens is 210 g/mol. The number of nitrogens with one attached hydrogen (secondary N) is 1. The lowest BCUT2D eigenvalue weighted by atomic mass is 10.0. The average Bonchev–Trinajstić information content (AvgIpc) is 2.29. The first-order chi connectivity index (χ1) is 7.70. The van der Waals surface area contributed by atoms with Gasteiger partial charge in [-0.2, -0.15) is 0 Å². The van der Waals surface area contributed by atoms with Crippen molar-refractivity contribution < 1.29 is 8.78 Å². The smallest absolute Gasteiger partial charge is 0.149 e. The summed E-state index contributed by atoms with van der Waals surface area (Å²) in [5.74, 6) is -0.991. The highest BCUT2D eigenvalue weighted by Crippen LogP contribution is 2.23. The molecule has 1 aliphatic rings. The van der Waals surface area contributed by atoms with Gasteiger partial charge in [0, 0.05) is 25.2 Å². The number of piperidine rings is 1. The molecule has 1 N–H and O–H groups in total. The van der Waals surface area contributed by atoms with Crippen LogP contribution < -0.4 is 10.2 Å². The van der Waals surface area contributed by atoms with E-state index in [-0.39, 0.29) is 0 Å². The predicted octanol–water partition coefficient (Wildman–Crippen LogP) is 2.15. The second-order valence-electron chi connectivity index (χ2n) is 4.15. The maximum absolute atomic E-state index is 13.5. The Labute approximate surface area is 94.3 Å². The molecule has 0 amide bonds. The van der Waals surface area contributed by atoms with Gasteiger partial charge in [0.1, 0.15) is 11.6 Å². The van der Waals surface area contributed by atoms with E-state index in [1.54, 1.807) is 0 Å². The summed E-state index contributed by atoms with van der Waals surface area (Å²) in [6, 6.07) is 4.28. The summed E-state index contributed by atoms with van der Waals surface area (Å²) in [7, 11) is 1.94. The Kier molecular flexibility index (Phi) is 3.39. The molecule has 1 aliphatic heterocycles. The van der Waals surface area contributed by atoms with Crippen LogP contribution in [0.1, 0.15) is 12.8 Å². The number of anilines is 1. The highest BCUT2D eigenvalue weighted by Gasteiger charge is 2.20. The van der Waals surface area contributed by atoms with Crippen LogP contribution in [0.15, 0.2) is 18.2 Å². The van der Waals surface area contributed by atoms with Gasteiger partial charge in [0.25, 0.3) is 0 Å². The highest BCUT2D eigenvalue weighted by atomic mass is 19.1. The zero-order valence-corrected chi connectivity index (χ0v) is 9.34. The first-order valence-electron chi connectivity index (χ1n) is 5.58.